The number of amides is 1. The predicted octanol–water partition coefficient (Wildman–Crippen LogP) is 4.64. The summed E-state index contributed by atoms with van der Waals surface area (Å²) in [7, 11) is 1.94. The van der Waals surface area contributed by atoms with E-state index in [4.69, 9.17) is 11.6 Å². The average Bonchev–Trinajstić information content (AvgIpc) is 2.63. The van der Waals surface area contributed by atoms with Crippen LogP contribution >= 0.6 is 24.0 Å². The summed E-state index contributed by atoms with van der Waals surface area (Å²) in [6.45, 7) is 2.33. The number of piperidine rings is 1. The SMILES string of the molecule is CNCC1CCN(C(=O)c2ccc(-c3ccc(Cl)cc3)cc2F)CC1.Cl. The lowest BCUT2D eigenvalue weighted by Gasteiger charge is -2.32. The highest BCUT2D eigenvalue weighted by atomic mass is 35.5. The number of nitrogens with one attached hydrogen (secondary N) is 1. The minimum absolute atomic E-state index is 0. The Labute approximate surface area is 164 Å². The molecule has 1 heterocycles. The van der Waals surface area contributed by atoms with Crippen LogP contribution in [0.15, 0.2) is 42.5 Å². The summed E-state index contributed by atoms with van der Waals surface area (Å²) in [6.07, 6.45) is 1.91. The molecular weight excluding hydrogens is 374 g/mol. The van der Waals surface area contributed by atoms with Crippen molar-refractivity contribution in [2.75, 3.05) is 26.7 Å². The highest BCUT2D eigenvalue weighted by molar-refractivity contribution is 6.30. The van der Waals surface area contributed by atoms with Gasteiger partial charge in [-0.2, -0.15) is 0 Å². The van der Waals surface area contributed by atoms with Gasteiger partial charge in [-0.25, -0.2) is 4.39 Å². The third kappa shape index (κ3) is 4.76. The van der Waals surface area contributed by atoms with Crippen LogP contribution < -0.4 is 5.32 Å². The van der Waals surface area contributed by atoms with Crippen LogP contribution in [0.3, 0.4) is 0 Å². The highest BCUT2D eigenvalue weighted by Crippen LogP contribution is 2.25. The highest BCUT2D eigenvalue weighted by Gasteiger charge is 2.25. The van der Waals surface area contributed by atoms with E-state index in [9.17, 15) is 9.18 Å². The Balaban J connectivity index is 0.00000243. The van der Waals surface area contributed by atoms with E-state index < -0.39 is 5.82 Å². The number of carbonyl (C=O) groups is 1. The summed E-state index contributed by atoms with van der Waals surface area (Å²) in [5.41, 5.74) is 1.75. The molecule has 140 valence electrons. The quantitative estimate of drug-likeness (QED) is 0.815. The van der Waals surface area contributed by atoms with Gasteiger partial charge in [0.2, 0.25) is 0 Å². The van der Waals surface area contributed by atoms with Crippen molar-refractivity contribution in [1.29, 1.82) is 0 Å². The number of hydrogen-bond donors (Lipinski definition) is 1. The van der Waals surface area contributed by atoms with Crippen molar-refractivity contribution in [3.8, 4) is 11.1 Å². The number of carbonyl (C=O) groups excluding carboxylic acids is 1. The molecule has 1 saturated heterocycles. The summed E-state index contributed by atoms with van der Waals surface area (Å²) in [5.74, 6) is -0.107. The molecule has 0 spiro atoms. The molecule has 3 rings (SSSR count). The number of nitrogens with zero attached hydrogens (tertiary/aromatic N) is 1. The topological polar surface area (TPSA) is 32.3 Å². The zero-order valence-corrected chi connectivity index (χ0v) is 16.2. The maximum absolute atomic E-state index is 14.5. The number of halogens is 3. The number of likely N-dealkylation sites (tertiary alicyclic amines) is 1. The average molecular weight is 397 g/mol. The van der Waals surface area contributed by atoms with Crippen LogP contribution in [0, 0.1) is 11.7 Å². The molecule has 2 aromatic rings. The fraction of sp³-hybridized carbons (Fsp3) is 0.350. The largest absolute Gasteiger partial charge is 0.339 e. The van der Waals surface area contributed by atoms with Crippen LogP contribution in [0.25, 0.3) is 11.1 Å². The lowest BCUT2D eigenvalue weighted by Crippen LogP contribution is -2.40. The van der Waals surface area contributed by atoms with Crippen LogP contribution in [0.4, 0.5) is 4.39 Å². The molecule has 3 nitrogen and oxygen atoms in total. The second-order valence-corrected chi connectivity index (χ2v) is 6.93. The molecule has 2 aromatic carbocycles. The molecule has 0 aromatic heterocycles. The number of rotatable bonds is 4. The first kappa shape index (κ1) is 20.7. The molecular formula is C20H23Cl2FN2O. The zero-order chi connectivity index (χ0) is 17.8. The van der Waals surface area contributed by atoms with Crippen molar-refractivity contribution in [2.45, 2.75) is 12.8 Å². The smallest absolute Gasteiger partial charge is 0.256 e. The van der Waals surface area contributed by atoms with Gasteiger partial charge in [0.1, 0.15) is 5.82 Å². The normalized spacial score (nSPS) is 14.8. The van der Waals surface area contributed by atoms with Gasteiger partial charge in [-0.1, -0.05) is 29.8 Å². The minimum Gasteiger partial charge on any atom is -0.339 e. The van der Waals surface area contributed by atoms with Crippen LogP contribution in [-0.2, 0) is 0 Å². The van der Waals surface area contributed by atoms with Gasteiger partial charge in [-0.05, 0) is 67.7 Å². The number of hydrogen-bond acceptors (Lipinski definition) is 2. The summed E-state index contributed by atoms with van der Waals surface area (Å²) in [4.78, 5) is 14.4. The Bertz CT molecular complexity index is 744. The Morgan fingerprint density at radius 2 is 1.77 bits per heavy atom. The molecule has 1 aliphatic rings. The molecule has 1 N–H and O–H groups in total. The fourth-order valence-electron chi connectivity index (χ4n) is 3.31. The van der Waals surface area contributed by atoms with E-state index in [1.54, 1.807) is 29.2 Å². The summed E-state index contributed by atoms with van der Waals surface area (Å²) in [6, 6.07) is 12.0. The van der Waals surface area contributed by atoms with E-state index >= 15 is 0 Å². The van der Waals surface area contributed by atoms with E-state index in [0.29, 0.717) is 24.0 Å². The standard InChI is InChI=1S/C20H22ClFN2O.ClH/c1-23-13-14-8-10-24(11-9-14)20(25)18-7-4-16(12-19(18)22)15-2-5-17(21)6-3-15;/h2-7,12,14,23H,8-11,13H2,1H3;1H. The second kappa shape index (κ2) is 9.36. The maximum atomic E-state index is 14.5. The lowest BCUT2D eigenvalue weighted by atomic mass is 9.96. The molecule has 1 aliphatic heterocycles. The monoisotopic (exact) mass is 396 g/mol. The molecule has 0 bridgehead atoms. The molecule has 1 fully saturated rings. The van der Waals surface area contributed by atoms with Gasteiger partial charge in [0.15, 0.2) is 0 Å². The molecule has 0 radical (unpaired) electrons. The first-order valence-electron chi connectivity index (χ1n) is 8.58. The fourth-order valence-corrected chi connectivity index (χ4v) is 3.44. The molecule has 26 heavy (non-hydrogen) atoms. The molecule has 6 heteroatoms. The van der Waals surface area contributed by atoms with E-state index in [-0.39, 0.29) is 23.9 Å². The second-order valence-electron chi connectivity index (χ2n) is 6.49. The van der Waals surface area contributed by atoms with Crippen LogP contribution in [0.2, 0.25) is 5.02 Å². The van der Waals surface area contributed by atoms with Crippen molar-refractivity contribution >= 4 is 29.9 Å². The minimum atomic E-state index is -0.477. The molecule has 0 atom stereocenters. The van der Waals surface area contributed by atoms with E-state index in [1.165, 1.54) is 6.07 Å². The number of benzene rings is 2. The Kier molecular flexibility index (Phi) is 7.44. The van der Waals surface area contributed by atoms with Gasteiger partial charge in [0, 0.05) is 18.1 Å². The van der Waals surface area contributed by atoms with Crippen molar-refractivity contribution in [2.24, 2.45) is 5.92 Å². The first-order chi connectivity index (χ1) is 12.1. The van der Waals surface area contributed by atoms with E-state index in [1.807, 2.05) is 19.2 Å². The van der Waals surface area contributed by atoms with E-state index in [0.717, 1.165) is 30.5 Å². The van der Waals surface area contributed by atoms with Gasteiger partial charge < -0.3 is 10.2 Å². The van der Waals surface area contributed by atoms with Gasteiger partial charge >= 0.3 is 0 Å². The Hall–Kier alpha value is -1.62. The third-order valence-corrected chi connectivity index (χ3v) is 5.02. The van der Waals surface area contributed by atoms with E-state index in [2.05, 4.69) is 5.32 Å². The van der Waals surface area contributed by atoms with Gasteiger partial charge in [0.05, 0.1) is 5.56 Å². The predicted molar refractivity (Wildman–Crippen MR) is 107 cm³/mol. The van der Waals surface area contributed by atoms with Gasteiger partial charge in [-0.15, -0.1) is 12.4 Å². The van der Waals surface area contributed by atoms with Crippen molar-refractivity contribution in [3.63, 3.8) is 0 Å². The van der Waals surface area contributed by atoms with Crippen LogP contribution in [-0.4, -0.2) is 37.5 Å². The van der Waals surface area contributed by atoms with Crippen LogP contribution in [0.1, 0.15) is 23.2 Å². The molecule has 1 amide bonds. The molecule has 0 aliphatic carbocycles. The molecule has 0 saturated carbocycles. The Morgan fingerprint density at radius 1 is 1.15 bits per heavy atom. The van der Waals surface area contributed by atoms with Crippen molar-refractivity contribution in [3.05, 3.63) is 58.9 Å². The van der Waals surface area contributed by atoms with Gasteiger partial charge in [0.25, 0.3) is 5.91 Å². The summed E-state index contributed by atoms with van der Waals surface area (Å²) >= 11 is 5.88. The zero-order valence-electron chi connectivity index (χ0n) is 14.7. The molecule has 0 unspecified atom stereocenters. The Morgan fingerprint density at radius 3 is 2.35 bits per heavy atom. The summed E-state index contributed by atoms with van der Waals surface area (Å²) < 4.78 is 14.5. The lowest BCUT2D eigenvalue weighted by molar-refractivity contribution is 0.0686. The van der Waals surface area contributed by atoms with Crippen molar-refractivity contribution in [1.82, 2.24) is 10.2 Å². The summed E-state index contributed by atoms with van der Waals surface area (Å²) in [5, 5.41) is 3.81. The van der Waals surface area contributed by atoms with Crippen molar-refractivity contribution < 1.29 is 9.18 Å². The van der Waals surface area contributed by atoms with Crippen LogP contribution in [0.5, 0.6) is 0 Å². The third-order valence-electron chi connectivity index (χ3n) is 4.77. The first-order valence-corrected chi connectivity index (χ1v) is 8.95. The van der Waals surface area contributed by atoms with Gasteiger partial charge in [-0.3, -0.25) is 4.79 Å². The maximum Gasteiger partial charge on any atom is 0.256 e.